The van der Waals surface area contributed by atoms with Crippen LogP contribution >= 0.6 is 11.8 Å². The summed E-state index contributed by atoms with van der Waals surface area (Å²) in [5.74, 6) is 0.712. The van der Waals surface area contributed by atoms with Gasteiger partial charge in [0.05, 0.1) is 39.5 Å². The molecule has 31 heavy (non-hydrogen) atoms. The fourth-order valence-corrected chi connectivity index (χ4v) is 4.48. The molecule has 0 saturated carbocycles. The second kappa shape index (κ2) is 8.98. The lowest BCUT2D eigenvalue weighted by atomic mass is 10.2. The number of carbonyl (C=O) groups excluding carboxylic acids is 1. The molecule has 0 aliphatic rings. The van der Waals surface area contributed by atoms with Crippen molar-refractivity contribution in [1.82, 2.24) is 19.3 Å². The van der Waals surface area contributed by atoms with Crippen LogP contribution in [0.2, 0.25) is 0 Å². The van der Waals surface area contributed by atoms with E-state index in [2.05, 4.69) is 34.9 Å². The number of para-hydroxylation sites is 3. The summed E-state index contributed by atoms with van der Waals surface area (Å²) in [6.45, 7) is 9.12. The predicted molar refractivity (Wildman–Crippen MR) is 127 cm³/mol. The third kappa shape index (κ3) is 4.51. The number of fused-ring (bicyclic) bond motifs is 1. The number of amides is 1. The number of aryl methyl sites for hydroxylation is 1. The maximum Gasteiger partial charge on any atom is 0.234 e. The molecule has 0 unspecified atom stereocenters. The summed E-state index contributed by atoms with van der Waals surface area (Å²) in [7, 11) is 0. The summed E-state index contributed by atoms with van der Waals surface area (Å²) in [5, 5.41) is 8.53. The van der Waals surface area contributed by atoms with Crippen molar-refractivity contribution in [2.75, 3.05) is 11.1 Å². The molecule has 160 valence electrons. The molecule has 7 heteroatoms. The van der Waals surface area contributed by atoms with Crippen molar-refractivity contribution >= 4 is 34.4 Å². The van der Waals surface area contributed by atoms with E-state index >= 15 is 0 Å². The number of aromatic nitrogens is 4. The molecule has 0 bridgehead atoms. The van der Waals surface area contributed by atoms with Crippen molar-refractivity contribution in [3.05, 3.63) is 66.0 Å². The van der Waals surface area contributed by atoms with Crippen molar-refractivity contribution in [1.29, 1.82) is 0 Å². The van der Waals surface area contributed by atoms with Crippen LogP contribution in [0.25, 0.3) is 16.7 Å². The monoisotopic (exact) mass is 433 g/mol. The van der Waals surface area contributed by atoms with Crippen LogP contribution in [0.4, 0.5) is 5.69 Å². The Balaban J connectivity index is 1.50. The van der Waals surface area contributed by atoms with Crippen LogP contribution in [-0.2, 0) is 11.3 Å². The molecule has 6 nitrogen and oxygen atoms in total. The van der Waals surface area contributed by atoms with E-state index in [1.165, 1.54) is 11.8 Å². The summed E-state index contributed by atoms with van der Waals surface area (Å²) in [6, 6.07) is 18.0. The predicted octanol–water partition coefficient (Wildman–Crippen LogP) is 5.23. The Hall–Kier alpha value is -3.06. The Labute approximate surface area is 186 Å². The maximum atomic E-state index is 12.8. The number of rotatable bonds is 7. The molecule has 0 aliphatic heterocycles. The number of nitrogens with zero attached hydrogens (tertiary/aromatic N) is 4. The minimum Gasteiger partial charge on any atom is -0.322 e. The van der Waals surface area contributed by atoms with Gasteiger partial charge in [-0.25, -0.2) is 9.67 Å². The smallest absolute Gasteiger partial charge is 0.234 e. The van der Waals surface area contributed by atoms with E-state index in [0.717, 1.165) is 45.5 Å². The molecular weight excluding hydrogens is 406 g/mol. The van der Waals surface area contributed by atoms with Gasteiger partial charge in [0.25, 0.3) is 0 Å². The fourth-order valence-electron chi connectivity index (χ4n) is 3.65. The molecule has 2 aromatic carbocycles. The molecule has 1 amide bonds. The first kappa shape index (κ1) is 21.2. The second-order valence-electron chi connectivity index (χ2n) is 8.02. The van der Waals surface area contributed by atoms with E-state index in [-0.39, 0.29) is 11.7 Å². The Morgan fingerprint density at radius 1 is 1.06 bits per heavy atom. The van der Waals surface area contributed by atoms with Crippen molar-refractivity contribution in [3.63, 3.8) is 0 Å². The summed E-state index contributed by atoms with van der Waals surface area (Å²) in [6.07, 6.45) is 0. The Bertz CT molecular complexity index is 1210. The van der Waals surface area contributed by atoms with E-state index in [1.54, 1.807) is 0 Å². The van der Waals surface area contributed by atoms with Crippen LogP contribution < -0.4 is 5.32 Å². The third-order valence-corrected chi connectivity index (χ3v) is 6.03. The van der Waals surface area contributed by atoms with Crippen LogP contribution in [0.3, 0.4) is 0 Å². The fraction of sp³-hybridized carbons (Fsp3) is 0.292. The zero-order valence-corrected chi connectivity index (χ0v) is 19.1. The highest BCUT2D eigenvalue weighted by Crippen LogP contribution is 2.27. The number of imidazole rings is 1. The number of benzene rings is 2. The molecule has 0 atom stereocenters. The number of carbonyl (C=O) groups is 1. The largest absolute Gasteiger partial charge is 0.322 e. The van der Waals surface area contributed by atoms with Gasteiger partial charge in [-0.1, -0.05) is 55.9 Å². The van der Waals surface area contributed by atoms with Crippen molar-refractivity contribution in [2.24, 2.45) is 5.92 Å². The summed E-state index contributed by atoms with van der Waals surface area (Å²) >= 11 is 1.47. The lowest BCUT2D eigenvalue weighted by Gasteiger charge is -2.11. The number of hydrogen-bond acceptors (Lipinski definition) is 4. The van der Waals surface area contributed by atoms with Crippen LogP contribution in [0.1, 0.15) is 25.2 Å². The molecule has 4 rings (SSSR count). The van der Waals surface area contributed by atoms with Crippen LogP contribution in [0.15, 0.2) is 59.8 Å². The first-order chi connectivity index (χ1) is 14.9. The summed E-state index contributed by atoms with van der Waals surface area (Å²) in [4.78, 5) is 17.5. The lowest BCUT2D eigenvalue weighted by molar-refractivity contribution is -0.113. The first-order valence-electron chi connectivity index (χ1n) is 10.4. The maximum absolute atomic E-state index is 12.8. The molecule has 4 aromatic rings. The van der Waals surface area contributed by atoms with Gasteiger partial charge < -0.3 is 9.88 Å². The molecule has 0 fully saturated rings. The molecular formula is C24H27N5OS. The van der Waals surface area contributed by atoms with Gasteiger partial charge in [-0.05, 0) is 44.0 Å². The van der Waals surface area contributed by atoms with E-state index in [9.17, 15) is 4.79 Å². The van der Waals surface area contributed by atoms with E-state index in [4.69, 9.17) is 4.98 Å². The van der Waals surface area contributed by atoms with E-state index in [1.807, 2.05) is 67.1 Å². The highest BCUT2D eigenvalue weighted by Gasteiger charge is 2.17. The number of anilines is 1. The minimum atomic E-state index is -0.0630. The molecule has 1 N–H and O–H groups in total. The lowest BCUT2D eigenvalue weighted by Crippen LogP contribution is -2.16. The second-order valence-corrected chi connectivity index (χ2v) is 8.96. The van der Waals surface area contributed by atoms with Gasteiger partial charge in [0, 0.05) is 6.54 Å². The quantitative estimate of drug-likeness (QED) is 0.406. The highest BCUT2D eigenvalue weighted by atomic mass is 32.2. The summed E-state index contributed by atoms with van der Waals surface area (Å²) in [5.41, 5.74) is 5.52. The standard InChI is InChI=1S/C24H27N5OS/c1-16(2)14-28-21-13-9-8-12-20(21)25-24(28)31-15-22(30)26-23-17(3)27-29(18(23)4)19-10-6-5-7-11-19/h5-13,16H,14-15H2,1-4H3,(H,26,30). The first-order valence-corrected chi connectivity index (χ1v) is 11.4. The average molecular weight is 434 g/mol. The Morgan fingerprint density at radius 2 is 1.77 bits per heavy atom. The number of hydrogen-bond donors (Lipinski definition) is 1. The summed E-state index contributed by atoms with van der Waals surface area (Å²) < 4.78 is 4.07. The van der Waals surface area contributed by atoms with Gasteiger partial charge in [0.15, 0.2) is 5.16 Å². The highest BCUT2D eigenvalue weighted by molar-refractivity contribution is 7.99. The van der Waals surface area contributed by atoms with Gasteiger partial charge >= 0.3 is 0 Å². The number of nitrogens with one attached hydrogen (secondary N) is 1. The molecule has 2 aromatic heterocycles. The van der Waals surface area contributed by atoms with Gasteiger partial charge in [0.2, 0.25) is 5.91 Å². The van der Waals surface area contributed by atoms with Gasteiger partial charge in [-0.3, -0.25) is 4.79 Å². The van der Waals surface area contributed by atoms with E-state index in [0.29, 0.717) is 5.92 Å². The third-order valence-electron chi connectivity index (χ3n) is 5.06. The zero-order valence-electron chi connectivity index (χ0n) is 18.3. The van der Waals surface area contributed by atoms with Gasteiger partial charge in [0.1, 0.15) is 0 Å². The van der Waals surface area contributed by atoms with Crippen molar-refractivity contribution in [2.45, 2.75) is 39.4 Å². The van der Waals surface area contributed by atoms with Crippen LogP contribution in [-0.4, -0.2) is 31.0 Å². The van der Waals surface area contributed by atoms with Crippen molar-refractivity contribution < 1.29 is 4.79 Å². The SMILES string of the molecule is Cc1nn(-c2ccccc2)c(C)c1NC(=O)CSc1nc2ccccc2n1CC(C)C. The zero-order chi connectivity index (χ0) is 22.0. The Kier molecular flexibility index (Phi) is 6.13. The Morgan fingerprint density at radius 3 is 2.52 bits per heavy atom. The molecule has 0 radical (unpaired) electrons. The number of thioether (sulfide) groups is 1. The van der Waals surface area contributed by atoms with Crippen LogP contribution in [0, 0.1) is 19.8 Å². The minimum absolute atomic E-state index is 0.0630. The van der Waals surface area contributed by atoms with Gasteiger partial charge in [-0.2, -0.15) is 5.10 Å². The normalized spacial score (nSPS) is 11.4. The molecule has 0 saturated heterocycles. The van der Waals surface area contributed by atoms with Gasteiger partial charge in [-0.15, -0.1) is 0 Å². The van der Waals surface area contributed by atoms with Crippen molar-refractivity contribution in [3.8, 4) is 5.69 Å². The molecule has 2 heterocycles. The topological polar surface area (TPSA) is 64.7 Å². The average Bonchev–Trinajstić information content (AvgIpc) is 3.24. The van der Waals surface area contributed by atoms with E-state index < -0.39 is 0 Å². The molecule has 0 spiro atoms. The van der Waals surface area contributed by atoms with Crippen LogP contribution in [0.5, 0.6) is 0 Å². The molecule has 0 aliphatic carbocycles.